The van der Waals surface area contributed by atoms with E-state index in [1.807, 2.05) is 30.5 Å². The molecule has 0 aliphatic heterocycles. The van der Waals surface area contributed by atoms with Crippen molar-refractivity contribution in [3.05, 3.63) is 58.6 Å². The molecule has 1 amide bonds. The van der Waals surface area contributed by atoms with E-state index in [9.17, 15) is 4.79 Å². The zero-order valence-electron chi connectivity index (χ0n) is 11.4. The number of aryl methyl sites for hydroxylation is 1. The molecule has 0 atom stereocenters. The minimum absolute atomic E-state index is 0.146. The van der Waals surface area contributed by atoms with Gasteiger partial charge in [0, 0.05) is 11.1 Å². The minimum Gasteiger partial charge on any atom is -0.345 e. The van der Waals surface area contributed by atoms with Crippen molar-refractivity contribution in [3.8, 4) is 5.69 Å². The molecule has 0 unspecified atom stereocenters. The van der Waals surface area contributed by atoms with Gasteiger partial charge in [0.05, 0.1) is 17.8 Å². The Balaban J connectivity index is 1.79. The highest BCUT2D eigenvalue weighted by molar-refractivity contribution is 7.09. The quantitative estimate of drug-likeness (QED) is 0.799. The van der Waals surface area contributed by atoms with Crippen LogP contribution < -0.4 is 5.32 Å². The summed E-state index contributed by atoms with van der Waals surface area (Å²) in [5, 5.41) is 13.3. The van der Waals surface area contributed by atoms with Crippen molar-refractivity contribution < 1.29 is 4.79 Å². The lowest BCUT2D eigenvalue weighted by molar-refractivity contribution is 0.0951. The first-order chi connectivity index (χ1) is 10.2. The Morgan fingerprint density at radius 3 is 2.76 bits per heavy atom. The van der Waals surface area contributed by atoms with Crippen LogP contribution in [0.3, 0.4) is 0 Å². The number of amides is 1. The van der Waals surface area contributed by atoms with Crippen LogP contribution in [-0.4, -0.2) is 25.7 Å². The summed E-state index contributed by atoms with van der Waals surface area (Å²) < 4.78 is 1.71. The lowest BCUT2D eigenvalue weighted by Gasteiger charge is -2.09. The smallest absolute Gasteiger partial charge is 0.253 e. The first-order valence-electron chi connectivity index (χ1n) is 6.37. The van der Waals surface area contributed by atoms with E-state index >= 15 is 0 Å². The fourth-order valence-corrected chi connectivity index (χ4v) is 2.66. The van der Waals surface area contributed by atoms with Gasteiger partial charge < -0.3 is 5.32 Å². The molecule has 0 bridgehead atoms. The minimum atomic E-state index is -0.146. The Bertz CT molecular complexity index is 750. The summed E-state index contributed by atoms with van der Waals surface area (Å²) in [6, 6.07) is 7.33. The summed E-state index contributed by atoms with van der Waals surface area (Å²) in [7, 11) is 0. The molecule has 0 aliphatic rings. The van der Waals surface area contributed by atoms with E-state index in [1.54, 1.807) is 23.3 Å². The molecule has 1 N–H and O–H groups in total. The Morgan fingerprint density at radius 2 is 2.05 bits per heavy atom. The Labute approximate surface area is 125 Å². The average Bonchev–Trinajstić information content (AvgIpc) is 3.16. The summed E-state index contributed by atoms with van der Waals surface area (Å²) >= 11 is 1.54. The highest BCUT2D eigenvalue weighted by Crippen LogP contribution is 2.14. The van der Waals surface area contributed by atoms with E-state index < -0.39 is 0 Å². The van der Waals surface area contributed by atoms with E-state index in [4.69, 9.17) is 0 Å². The third-order valence-electron chi connectivity index (χ3n) is 2.91. The molecule has 1 aromatic carbocycles. The zero-order valence-corrected chi connectivity index (χ0v) is 12.2. The SMILES string of the molecule is Cc1csc(CNC(=O)c2ccccc2-n2cnnc2)n1. The second-order valence-corrected chi connectivity index (χ2v) is 5.39. The number of carbonyl (C=O) groups excluding carboxylic acids is 1. The molecule has 3 rings (SSSR count). The van der Waals surface area contributed by atoms with Crippen LogP contribution in [0.25, 0.3) is 5.69 Å². The highest BCUT2D eigenvalue weighted by Gasteiger charge is 2.12. The summed E-state index contributed by atoms with van der Waals surface area (Å²) in [5.41, 5.74) is 2.29. The monoisotopic (exact) mass is 299 g/mol. The average molecular weight is 299 g/mol. The van der Waals surface area contributed by atoms with Gasteiger partial charge >= 0.3 is 0 Å². The third kappa shape index (κ3) is 2.97. The number of hydrogen-bond donors (Lipinski definition) is 1. The van der Waals surface area contributed by atoms with Crippen molar-refractivity contribution >= 4 is 17.2 Å². The molecule has 3 aromatic rings. The van der Waals surface area contributed by atoms with Gasteiger partial charge in [-0.25, -0.2) is 4.98 Å². The fraction of sp³-hybridized carbons (Fsp3) is 0.143. The largest absolute Gasteiger partial charge is 0.345 e. The second-order valence-electron chi connectivity index (χ2n) is 4.45. The number of hydrogen-bond acceptors (Lipinski definition) is 5. The van der Waals surface area contributed by atoms with Crippen molar-refractivity contribution in [2.24, 2.45) is 0 Å². The zero-order chi connectivity index (χ0) is 14.7. The molecule has 0 saturated carbocycles. The van der Waals surface area contributed by atoms with Gasteiger partial charge in [-0.1, -0.05) is 12.1 Å². The van der Waals surface area contributed by atoms with Crippen LogP contribution in [0.5, 0.6) is 0 Å². The van der Waals surface area contributed by atoms with Crippen molar-refractivity contribution in [1.82, 2.24) is 25.1 Å². The maximum Gasteiger partial charge on any atom is 0.253 e. The molecule has 2 aromatic heterocycles. The first-order valence-corrected chi connectivity index (χ1v) is 7.25. The first kappa shape index (κ1) is 13.4. The van der Waals surface area contributed by atoms with Gasteiger partial charge in [-0.3, -0.25) is 9.36 Å². The fourth-order valence-electron chi connectivity index (χ4n) is 1.95. The third-order valence-corrected chi connectivity index (χ3v) is 3.88. The van der Waals surface area contributed by atoms with Crippen molar-refractivity contribution in [2.75, 3.05) is 0 Å². The molecule has 0 fully saturated rings. The number of thiazole rings is 1. The van der Waals surface area contributed by atoms with E-state index in [0.29, 0.717) is 12.1 Å². The van der Waals surface area contributed by atoms with Crippen LogP contribution in [0.4, 0.5) is 0 Å². The van der Waals surface area contributed by atoms with Crippen LogP contribution in [-0.2, 0) is 6.54 Å². The number of carbonyl (C=O) groups is 1. The molecule has 7 heteroatoms. The van der Waals surface area contributed by atoms with Gasteiger partial charge in [0.2, 0.25) is 0 Å². The van der Waals surface area contributed by atoms with Crippen LogP contribution >= 0.6 is 11.3 Å². The molecule has 21 heavy (non-hydrogen) atoms. The molecular weight excluding hydrogens is 286 g/mol. The molecular formula is C14H13N5OS. The Kier molecular flexibility index (Phi) is 3.74. The predicted molar refractivity (Wildman–Crippen MR) is 79.4 cm³/mol. The molecule has 6 nitrogen and oxygen atoms in total. The Morgan fingerprint density at radius 1 is 1.29 bits per heavy atom. The van der Waals surface area contributed by atoms with Gasteiger partial charge in [0.25, 0.3) is 5.91 Å². The van der Waals surface area contributed by atoms with Crippen molar-refractivity contribution in [2.45, 2.75) is 13.5 Å². The number of para-hydroxylation sites is 1. The lowest BCUT2D eigenvalue weighted by atomic mass is 10.1. The lowest BCUT2D eigenvalue weighted by Crippen LogP contribution is -2.24. The summed E-state index contributed by atoms with van der Waals surface area (Å²) in [6.07, 6.45) is 3.13. The normalized spacial score (nSPS) is 10.5. The number of nitrogens with zero attached hydrogens (tertiary/aromatic N) is 4. The molecule has 106 valence electrons. The van der Waals surface area contributed by atoms with E-state index in [2.05, 4.69) is 20.5 Å². The van der Waals surface area contributed by atoms with Gasteiger partial charge in [0.1, 0.15) is 17.7 Å². The topological polar surface area (TPSA) is 72.7 Å². The van der Waals surface area contributed by atoms with Gasteiger partial charge in [-0.15, -0.1) is 21.5 Å². The molecule has 0 aliphatic carbocycles. The van der Waals surface area contributed by atoms with Crippen molar-refractivity contribution in [3.63, 3.8) is 0 Å². The molecule has 2 heterocycles. The van der Waals surface area contributed by atoms with Crippen LogP contribution in [0.15, 0.2) is 42.3 Å². The summed E-state index contributed by atoms with van der Waals surface area (Å²) in [4.78, 5) is 16.7. The summed E-state index contributed by atoms with van der Waals surface area (Å²) in [6.45, 7) is 2.36. The van der Waals surface area contributed by atoms with E-state index in [1.165, 1.54) is 11.3 Å². The number of rotatable bonds is 4. The van der Waals surface area contributed by atoms with Gasteiger partial charge in [0.15, 0.2) is 0 Å². The predicted octanol–water partition coefficient (Wildman–Crippen LogP) is 1.96. The Hall–Kier alpha value is -2.54. The summed E-state index contributed by atoms with van der Waals surface area (Å²) in [5.74, 6) is -0.146. The number of benzene rings is 1. The van der Waals surface area contributed by atoms with Gasteiger partial charge in [-0.05, 0) is 19.1 Å². The maximum atomic E-state index is 12.4. The van der Waals surface area contributed by atoms with Crippen LogP contribution in [0.1, 0.15) is 21.1 Å². The maximum absolute atomic E-state index is 12.4. The highest BCUT2D eigenvalue weighted by atomic mass is 32.1. The standard InChI is InChI=1S/C14H13N5OS/c1-10-7-21-13(18-10)6-15-14(20)11-4-2-3-5-12(11)19-8-16-17-9-19/h2-5,7-9H,6H2,1H3,(H,15,20). The van der Waals surface area contributed by atoms with E-state index in [0.717, 1.165) is 16.4 Å². The number of nitrogens with one attached hydrogen (secondary N) is 1. The van der Waals surface area contributed by atoms with Crippen LogP contribution in [0.2, 0.25) is 0 Å². The molecule has 0 saturated heterocycles. The van der Waals surface area contributed by atoms with Crippen molar-refractivity contribution in [1.29, 1.82) is 0 Å². The molecule has 0 spiro atoms. The van der Waals surface area contributed by atoms with E-state index in [-0.39, 0.29) is 5.91 Å². The number of aromatic nitrogens is 4. The van der Waals surface area contributed by atoms with Crippen LogP contribution in [0, 0.1) is 6.92 Å². The van der Waals surface area contributed by atoms with Gasteiger partial charge in [-0.2, -0.15) is 0 Å². The molecule has 0 radical (unpaired) electrons. The second kappa shape index (κ2) is 5.84.